The van der Waals surface area contributed by atoms with E-state index in [1.807, 2.05) is 0 Å². The molecule has 0 aliphatic rings. The first-order valence-corrected chi connectivity index (χ1v) is 8.90. The fourth-order valence-electron chi connectivity index (χ4n) is 2.23. The third kappa shape index (κ3) is 3.95. The molecule has 130 valence electrons. The predicted molar refractivity (Wildman–Crippen MR) is 90.8 cm³/mol. The SMILES string of the molecule is O=C(NCCNS(=O)(=O)c1ccc2[nH]c(=O)oc2c1)c1ccccc1. The van der Waals surface area contributed by atoms with Crippen LogP contribution < -0.4 is 15.8 Å². The molecule has 0 aliphatic carbocycles. The summed E-state index contributed by atoms with van der Waals surface area (Å²) in [5, 5.41) is 2.63. The van der Waals surface area contributed by atoms with Crippen LogP contribution in [-0.4, -0.2) is 32.4 Å². The molecular weight excluding hydrogens is 346 g/mol. The van der Waals surface area contributed by atoms with Crippen LogP contribution in [0.25, 0.3) is 11.1 Å². The maximum absolute atomic E-state index is 12.2. The van der Waals surface area contributed by atoms with Gasteiger partial charge in [0.05, 0.1) is 10.4 Å². The molecule has 0 radical (unpaired) electrons. The van der Waals surface area contributed by atoms with Crippen molar-refractivity contribution in [3.63, 3.8) is 0 Å². The quantitative estimate of drug-likeness (QED) is 0.562. The van der Waals surface area contributed by atoms with Gasteiger partial charge >= 0.3 is 5.76 Å². The predicted octanol–water partition coefficient (Wildman–Crippen LogP) is 0.829. The summed E-state index contributed by atoms with van der Waals surface area (Å²) in [5.41, 5.74) is 1.07. The van der Waals surface area contributed by atoms with E-state index in [1.165, 1.54) is 18.2 Å². The Hall–Kier alpha value is -2.91. The van der Waals surface area contributed by atoms with E-state index in [-0.39, 0.29) is 29.5 Å². The average Bonchev–Trinajstić information content (AvgIpc) is 2.98. The first-order valence-electron chi connectivity index (χ1n) is 7.41. The number of benzene rings is 2. The van der Waals surface area contributed by atoms with Crippen LogP contribution in [-0.2, 0) is 10.0 Å². The van der Waals surface area contributed by atoms with Gasteiger partial charge in [0, 0.05) is 24.7 Å². The van der Waals surface area contributed by atoms with E-state index < -0.39 is 15.8 Å². The van der Waals surface area contributed by atoms with Crippen molar-refractivity contribution < 1.29 is 17.6 Å². The molecule has 1 aromatic heterocycles. The van der Waals surface area contributed by atoms with Crippen LogP contribution >= 0.6 is 0 Å². The van der Waals surface area contributed by atoms with Gasteiger partial charge in [0.1, 0.15) is 0 Å². The minimum atomic E-state index is -3.78. The van der Waals surface area contributed by atoms with E-state index in [0.717, 1.165) is 0 Å². The Morgan fingerprint density at radius 1 is 1.08 bits per heavy atom. The second-order valence-corrected chi connectivity index (χ2v) is 6.96. The minimum Gasteiger partial charge on any atom is -0.408 e. The highest BCUT2D eigenvalue weighted by Gasteiger charge is 2.15. The van der Waals surface area contributed by atoms with E-state index in [2.05, 4.69) is 15.0 Å². The summed E-state index contributed by atoms with van der Waals surface area (Å²) in [6.45, 7) is 0.157. The molecule has 0 atom stereocenters. The van der Waals surface area contributed by atoms with Crippen molar-refractivity contribution in [3.05, 3.63) is 64.6 Å². The number of aromatic nitrogens is 1. The average molecular weight is 361 g/mol. The first kappa shape index (κ1) is 16.9. The maximum atomic E-state index is 12.2. The Kier molecular flexibility index (Phi) is 4.68. The molecule has 8 nitrogen and oxygen atoms in total. The van der Waals surface area contributed by atoms with Crippen molar-refractivity contribution in [2.24, 2.45) is 0 Å². The van der Waals surface area contributed by atoms with Gasteiger partial charge in [0.25, 0.3) is 5.91 Å². The van der Waals surface area contributed by atoms with Crippen molar-refractivity contribution in [1.82, 2.24) is 15.0 Å². The number of carbonyl (C=O) groups is 1. The highest BCUT2D eigenvalue weighted by atomic mass is 32.2. The normalized spacial score (nSPS) is 11.5. The van der Waals surface area contributed by atoms with Crippen LogP contribution in [0.5, 0.6) is 0 Å². The van der Waals surface area contributed by atoms with E-state index in [0.29, 0.717) is 11.1 Å². The lowest BCUT2D eigenvalue weighted by molar-refractivity contribution is 0.0954. The summed E-state index contributed by atoms with van der Waals surface area (Å²) in [6.07, 6.45) is 0. The summed E-state index contributed by atoms with van der Waals surface area (Å²) >= 11 is 0. The molecule has 25 heavy (non-hydrogen) atoms. The second-order valence-electron chi connectivity index (χ2n) is 5.19. The highest BCUT2D eigenvalue weighted by Crippen LogP contribution is 2.16. The zero-order valence-electron chi connectivity index (χ0n) is 13.0. The lowest BCUT2D eigenvalue weighted by Gasteiger charge is -2.08. The van der Waals surface area contributed by atoms with Crippen LogP contribution in [0, 0.1) is 0 Å². The molecular formula is C16H15N3O5S. The third-order valence-corrected chi connectivity index (χ3v) is 4.90. The molecule has 3 aromatic rings. The summed E-state index contributed by atoms with van der Waals surface area (Å²) in [4.78, 5) is 25.4. The van der Waals surface area contributed by atoms with Gasteiger partial charge in [-0.3, -0.25) is 9.78 Å². The Morgan fingerprint density at radius 2 is 1.84 bits per heavy atom. The van der Waals surface area contributed by atoms with Crippen molar-refractivity contribution in [2.45, 2.75) is 4.90 Å². The van der Waals surface area contributed by atoms with E-state index >= 15 is 0 Å². The number of aromatic amines is 1. The molecule has 0 spiro atoms. The first-order chi connectivity index (χ1) is 12.0. The van der Waals surface area contributed by atoms with E-state index in [9.17, 15) is 18.0 Å². The minimum absolute atomic E-state index is 0.0238. The molecule has 0 saturated carbocycles. The Labute approximate surface area is 142 Å². The standard InChI is InChI=1S/C16H15N3O5S/c20-15(11-4-2-1-3-5-11)17-8-9-18-25(22,23)12-6-7-13-14(10-12)24-16(21)19-13/h1-7,10,18H,8-9H2,(H,17,20)(H,19,21). The van der Waals surface area contributed by atoms with Gasteiger partial charge in [-0.25, -0.2) is 17.9 Å². The molecule has 9 heteroatoms. The van der Waals surface area contributed by atoms with Crippen LogP contribution in [0.15, 0.2) is 62.6 Å². The van der Waals surface area contributed by atoms with Crippen LogP contribution in [0.4, 0.5) is 0 Å². The van der Waals surface area contributed by atoms with Crippen molar-refractivity contribution in [3.8, 4) is 0 Å². The van der Waals surface area contributed by atoms with Crippen molar-refractivity contribution in [2.75, 3.05) is 13.1 Å². The number of nitrogens with one attached hydrogen (secondary N) is 3. The number of rotatable bonds is 6. The molecule has 0 unspecified atom stereocenters. The molecule has 0 fully saturated rings. The number of hydrogen-bond donors (Lipinski definition) is 3. The van der Waals surface area contributed by atoms with Gasteiger partial charge in [-0.05, 0) is 24.3 Å². The van der Waals surface area contributed by atoms with E-state index in [4.69, 9.17) is 4.42 Å². The lowest BCUT2D eigenvalue weighted by atomic mass is 10.2. The number of H-pyrrole nitrogens is 1. The summed E-state index contributed by atoms with van der Waals surface area (Å²) in [7, 11) is -3.78. The molecule has 1 amide bonds. The highest BCUT2D eigenvalue weighted by molar-refractivity contribution is 7.89. The number of sulfonamides is 1. The Morgan fingerprint density at radius 3 is 2.60 bits per heavy atom. The molecule has 1 heterocycles. The smallest absolute Gasteiger partial charge is 0.408 e. The topological polar surface area (TPSA) is 121 Å². The van der Waals surface area contributed by atoms with Crippen LogP contribution in [0.1, 0.15) is 10.4 Å². The number of amides is 1. The Balaban J connectivity index is 1.59. The van der Waals surface area contributed by atoms with Gasteiger partial charge < -0.3 is 9.73 Å². The zero-order chi connectivity index (χ0) is 17.9. The number of carbonyl (C=O) groups excluding carboxylic acids is 1. The fraction of sp³-hybridized carbons (Fsp3) is 0.125. The van der Waals surface area contributed by atoms with Gasteiger partial charge in [-0.15, -0.1) is 0 Å². The molecule has 3 rings (SSSR count). The van der Waals surface area contributed by atoms with Gasteiger partial charge in [0.2, 0.25) is 10.0 Å². The monoisotopic (exact) mass is 361 g/mol. The van der Waals surface area contributed by atoms with E-state index in [1.54, 1.807) is 30.3 Å². The second kappa shape index (κ2) is 6.91. The summed E-state index contributed by atoms with van der Waals surface area (Å²) in [5.74, 6) is -0.934. The van der Waals surface area contributed by atoms with Gasteiger partial charge in [0.15, 0.2) is 5.58 Å². The summed E-state index contributed by atoms with van der Waals surface area (Å²) < 4.78 is 31.7. The number of fused-ring (bicyclic) bond motifs is 1. The van der Waals surface area contributed by atoms with Crippen LogP contribution in [0.3, 0.4) is 0 Å². The molecule has 3 N–H and O–H groups in total. The maximum Gasteiger partial charge on any atom is 0.417 e. The largest absolute Gasteiger partial charge is 0.417 e. The van der Waals surface area contributed by atoms with Crippen molar-refractivity contribution >= 4 is 27.0 Å². The van der Waals surface area contributed by atoms with Crippen LogP contribution in [0.2, 0.25) is 0 Å². The fourth-order valence-corrected chi connectivity index (χ4v) is 3.28. The van der Waals surface area contributed by atoms with Gasteiger partial charge in [-0.1, -0.05) is 18.2 Å². The number of oxazole rings is 1. The summed E-state index contributed by atoms with van der Waals surface area (Å²) in [6, 6.07) is 12.7. The third-order valence-electron chi connectivity index (χ3n) is 3.44. The lowest BCUT2D eigenvalue weighted by Crippen LogP contribution is -2.34. The Bertz CT molecular complexity index is 1050. The molecule has 2 aromatic carbocycles. The molecule has 0 aliphatic heterocycles. The van der Waals surface area contributed by atoms with Gasteiger partial charge in [-0.2, -0.15) is 0 Å². The molecule has 0 bridgehead atoms. The zero-order valence-corrected chi connectivity index (χ0v) is 13.8. The van der Waals surface area contributed by atoms with Crippen molar-refractivity contribution in [1.29, 1.82) is 0 Å². The molecule has 0 saturated heterocycles. The number of hydrogen-bond acceptors (Lipinski definition) is 5.